The summed E-state index contributed by atoms with van der Waals surface area (Å²) in [5, 5.41) is 18.7. The lowest BCUT2D eigenvalue weighted by Gasteiger charge is -2.15. The Kier molecular flexibility index (Phi) is 2.62. The van der Waals surface area contributed by atoms with Crippen molar-refractivity contribution >= 4 is 5.97 Å². The van der Waals surface area contributed by atoms with Crippen LogP contribution in [0.1, 0.15) is 37.3 Å². The molecule has 16 heavy (non-hydrogen) atoms. The summed E-state index contributed by atoms with van der Waals surface area (Å²) < 4.78 is 0. The van der Waals surface area contributed by atoms with Crippen LogP contribution in [0.4, 0.5) is 0 Å². The molecule has 3 heteroatoms. The van der Waals surface area contributed by atoms with Gasteiger partial charge < -0.3 is 10.2 Å². The number of hydrogen-bond acceptors (Lipinski definition) is 2. The highest BCUT2D eigenvalue weighted by Gasteiger charge is 2.47. The third kappa shape index (κ3) is 1.90. The molecular formula is C13H16O3. The Morgan fingerprint density at radius 1 is 1.44 bits per heavy atom. The average molecular weight is 220 g/mol. The molecule has 86 valence electrons. The summed E-state index contributed by atoms with van der Waals surface area (Å²) in [6, 6.07) is 5.51. The topological polar surface area (TPSA) is 57.5 Å². The van der Waals surface area contributed by atoms with Crippen molar-refractivity contribution in [1.29, 1.82) is 0 Å². The maximum atomic E-state index is 10.8. The van der Waals surface area contributed by atoms with Gasteiger partial charge in [0.15, 0.2) is 0 Å². The van der Waals surface area contributed by atoms with Crippen molar-refractivity contribution in [3.8, 4) is 5.75 Å². The van der Waals surface area contributed by atoms with Crippen molar-refractivity contribution in [2.75, 3.05) is 0 Å². The lowest BCUT2D eigenvalue weighted by molar-refractivity contribution is -0.137. The van der Waals surface area contributed by atoms with Gasteiger partial charge in [0.25, 0.3) is 0 Å². The Hall–Kier alpha value is -1.51. The van der Waals surface area contributed by atoms with Crippen molar-refractivity contribution in [3.05, 3.63) is 29.3 Å². The summed E-state index contributed by atoms with van der Waals surface area (Å²) in [7, 11) is 0. The smallest absolute Gasteiger partial charge is 0.304 e. The van der Waals surface area contributed by atoms with Crippen molar-refractivity contribution in [3.63, 3.8) is 0 Å². The zero-order chi connectivity index (χ0) is 11.8. The van der Waals surface area contributed by atoms with Gasteiger partial charge in [-0.25, -0.2) is 0 Å². The van der Waals surface area contributed by atoms with Crippen molar-refractivity contribution in [1.82, 2.24) is 0 Å². The van der Waals surface area contributed by atoms with Crippen LogP contribution >= 0.6 is 0 Å². The average Bonchev–Trinajstić information content (AvgIpc) is 2.98. The highest BCUT2D eigenvalue weighted by molar-refractivity contribution is 5.70. The normalized spacial score (nSPS) is 17.1. The van der Waals surface area contributed by atoms with E-state index in [4.69, 9.17) is 5.11 Å². The minimum atomic E-state index is -0.793. The Morgan fingerprint density at radius 3 is 2.62 bits per heavy atom. The molecule has 1 aliphatic rings. The van der Waals surface area contributed by atoms with Crippen LogP contribution in [-0.4, -0.2) is 16.2 Å². The molecule has 1 aromatic rings. The van der Waals surface area contributed by atoms with Gasteiger partial charge >= 0.3 is 5.97 Å². The molecule has 0 aliphatic heterocycles. The van der Waals surface area contributed by atoms with Crippen molar-refractivity contribution < 1.29 is 15.0 Å². The quantitative estimate of drug-likeness (QED) is 0.819. The fourth-order valence-electron chi connectivity index (χ4n) is 2.21. The first-order valence-electron chi connectivity index (χ1n) is 5.61. The third-order valence-electron chi connectivity index (χ3n) is 3.38. The summed E-state index contributed by atoms with van der Waals surface area (Å²) in [6.07, 6.45) is 2.74. The lowest BCUT2D eigenvalue weighted by atomic mass is 9.90. The molecule has 1 aliphatic carbocycles. The standard InChI is InChI=1S/C13H16O3/c1-2-9-3-4-11(14)10(7-9)13(5-6-13)8-12(15)16/h3-4,7,14H,2,5-6,8H2,1H3,(H,15,16). The predicted octanol–water partition coefficient (Wildman–Crippen LogP) is 2.46. The van der Waals surface area contributed by atoms with Crippen LogP contribution in [0.5, 0.6) is 5.75 Å². The molecule has 0 aromatic heterocycles. The molecule has 0 unspecified atom stereocenters. The monoisotopic (exact) mass is 220 g/mol. The van der Waals surface area contributed by atoms with E-state index in [1.165, 1.54) is 0 Å². The van der Waals surface area contributed by atoms with Gasteiger partial charge in [0.05, 0.1) is 6.42 Å². The van der Waals surface area contributed by atoms with Crippen LogP contribution in [0, 0.1) is 0 Å². The second-order valence-electron chi connectivity index (χ2n) is 4.56. The lowest BCUT2D eigenvalue weighted by Crippen LogP contribution is -2.13. The van der Waals surface area contributed by atoms with E-state index in [0.717, 1.165) is 30.4 Å². The second kappa shape index (κ2) is 3.81. The molecule has 1 fully saturated rings. The van der Waals surface area contributed by atoms with Gasteiger partial charge in [0.1, 0.15) is 5.75 Å². The van der Waals surface area contributed by atoms with E-state index in [9.17, 15) is 9.90 Å². The SMILES string of the molecule is CCc1ccc(O)c(C2(CC(=O)O)CC2)c1. The van der Waals surface area contributed by atoms with Crippen LogP contribution in [0.3, 0.4) is 0 Å². The van der Waals surface area contributed by atoms with Gasteiger partial charge in [0.2, 0.25) is 0 Å². The third-order valence-corrected chi connectivity index (χ3v) is 3.38. The number of carboxylic acid groups (broad SMARTS) is 1. The minimum absolute atomic E-state index is 0.119. The summed E-state index contributed by atoms with van der Waals surface area (Å²) in [5.41, 5.74) is 1.65. The zero-order valence-corrected chi connectivity index (χ0v) is 9.36. The van der Waals surface area contributed by atoms with Gasteiger partial charge in [-0.05, 0) is 30.9 Å². The second-order valence-corrected chi connectivity index (χ2v) is 4.56. The summed E-state index contributed by atoms with van der Waals surface area (Å²) >= 11 is 0. The van der Waals surface area contributed by atoms with Crippen LogP contribution in [0.25, 0.3) is 0 Å². The van der Waals surface area contributed by atoms with Crippen LogP contribution in [0.2, 0.25) is 0 Å². The van der Waals surface area contributed by atoms with Crippen molar-refractivity contribution in [2.24, 2.45) is 0 Å². The molecule has 0 heterocycles. The van der Waals surface area contributed by atoms with Crippen molar-refractivity contribution in [2.45, 2.75) is 38.0 Å². The number of carboxylic acids is 1. The minimum Gasteiger partial charge on any atom is -0.508 e. The number of rotatable bonds is 4. The fraction of sp³-hybridized carbons (Fsp3) is 0.462. The molecule has 0 saturated heterocycles. The predicted molar refractivity (Wildman–Crippen MR) is 60.6 cm³/mol. The first-order chi connectivity index (χ1) is 7.57. The van der Waals surface area contributed by atoms with Crippen LogP contribution in [0.15, 0.2) is 18.2 Å². The van der Waals surface area contributed by atoms with E-state index in [1.807, 2.05) is 19.1 Å². The Bertz CT molecular complexity index is 419. The molecule has 0 bridgehead atoms. The van der Waals surface area contributed by atoms with E-state index in [2.05, 4.69) is 0 Å². The molecule has 0 radical (unpaired) electrons. The molecule has 0 atom stereocenters. The molecule has 1 aromatic carbocycles. The first kappa shape index (κ1) is 11.0. The summed E-state index contributed by atoms with van der Waals surface area (Å²) in [4.78, 5) is 10.8. The maximum Gasteiger partial charge on any atom is 0.304 e. The Balaban J connectivity index is 2.35. The van der Waals surface area contributed by atoms with Crippen LogP contribution < -0.4 is 0 Å². The molecule has 2 rings (SSSR count). The van der Waals surface area contributed by atoms with Crippen LogP contribution in [-0.2, 0) is 16.6 Å². The van der Waals surface area contributed by atoms with E-state index in [1.54, 1.807) is 6.07 Å². The largest absolute Gasteiger partial charge is 0.508 e. The first-order valence-corrected chi connectivity index (χ1v) is 5.61. The molecule has 2 N–H and O–H groups in total. The van der Waals surface area contributed by atoms with Gasteiger partial charge in [0, 0.05) is 11.0 Å². The molecule has 3 nitrogen and oxygen atoms in total. The fourth-order valence-corrected chi connectivity index (χ4v) is 2.21. The maximum absolute atomic E-state index is 10.8. The Labute approximate surface area is 94.7 Å². The number of phenols is 1. The number of aryl methyl sites for hydroxylation is 1. The van der Waals surface area contributed by atoms with E-state index < -0.39 is 5.97 Å². The summed E-state index contributed by atoms with van der Waals surface area (Å²) in [5.74, 6) is -0.560. The molecular weight excluding hydrogens is 204 g/mol. The van der Waals surface area contributed by atoms with E-state index in [-0.39, 0.29) is 17.6 Å². The highest BCUT2D eigenvalue weighted by Crippen LogP contribution is 2.53. The van der Waals surface area contributed by atoms with E-state index >= 15 is 0 Å². The number of benzene rings is 1. The summed E-state index contributed by atoms with van der Waals surface area (Å²) in [6.45, 7) is 2.05. The molecule has 0 spiro atoms. The van der Waals surface area contributed by atoms with Gasteiger partial charge in [-0.2, -0.15) is 0 Å². The van der Waals surface area contributed by atoms with Gasteiger partial charge in [-0.15, -0.1) is 0 Å². The molecule has 1 saturated carbocycles. The number of aliphatic carboxylic acids is 1. The van der Waals surface area contributed by atoms with E-state index in [0.29, 0.717) is 0 Å². The number of hydrogen-bond donors (Lipinski definition) is 2. The number of phenolic OH excluding ortho intramolecular Hbond substituents is 1. The highest BCUT2D eigenvalue weighted by atomic mass is 16.4. The number of aromatic hydroxyl groups is 1. The zero-order valence-electron chi connectivity index (χ0n) is 9.36. The van der Waals surface area contributed by atoms with Gasteiger partial charge in [-0.1, -0.05) is 19.1 Å². The van der Waals surface area contributed by atoms with Gasteiger partial charge in [-0.3, -0.25) is 4.79 Å². The Morgan fingerprint density at radius 2 is 2.12 bits per heavy atom. The number of carbonyl (C=O) groups is 1. The molecule has 0 amide bonds.